The van der Waals surface area contributed by atoms with Crippen LogP contribution in [0.2, 0.25) is 0 Å². The van der Waals surface area contributed by atoms with Crippen molar-refractivity contribution in [2.75, 3.05) is 0 Å². The molecule has 1 aromatic heterocycles. The van der Waals surface area contributed by atoms with Gasteiger partial charge in [-0.05, 0) is 24.6 Å². The minimum atomic E-state index is 0.102. The van der Waals surface area contributed by atoms with Gasteiger partial charge in [0.2, 0.25) is 0 Å². The maximum atomic E-state index is 9.11. The predicted molar refractivity (Wildman–Crippen MR) is 65.3 cm³/mol. The fourth-order valence-electron chi connectivity index (χ4n) is 1.85. The van der Waals surface area contributed by atoms with Crippen LogP contribution in [0.15, 0.2) is 36.4 Å². The first-order chi connectivity index (χ1) is 7.70. The third-order valence-electron chi connectivity index (χ3n) is 3.00. The number of nitrogens with zero attached hydrogens (tertiary/aromatic N) is 1. The highest BCUT2D eigenvalue weighted by molar-refractivity contribution is 5.27. The van der Waals surface area contributed by atoms with Crippen molar-refractivity contribution < 1.29 is 5.11 Å². The highest BCUT2D eigenvalue weighted by Gasteiger charge is 2.04. The first-order valence-corrected chi connectivity index (χ1v) is 5.50. The van der Waals surface area contributed by atoms with E-state index < -0.39 is 0 Å². The molecule has 16 heavy (non-hydrogen) atoms. The van der Waals surface area contributed by atoms with E-state index in [-0.39, 0.29) is 6.61 Å². The number of aliphatic hydroxyl groups is 1. The van der Waals surface area contributed by atoms with Crippen molar-refractivity contribution in [2.45, 2.75) is 20.0 Å². The van der Waals surface area contributed by atoms with E-state index in [9.17, 15) is 0 Å². The Morgan fingerprint density at radius 3 is 2.19 bits per heavy atom. The van der Waals surface area contributed by atoms with Crippen LogP contribution in [0, 0.1) is 6.92 Å². The first-order valence-electron chi connectivity index (χ1n) is 5.50. The highest BCUT2D eigenvalue weighted by atomic mass is 16.3. The summed E-state index contributed by atoms with van der Waals surface area (Å²) in [5.74, 6) is 0. The number of rotatable bonds is 3. The molecule has 84 valence electrons. The van der Waals surface area contributed by atoms with Crippen LogP contribution in [-0.4, -0.2) is 9.67 Å². The lowest BCUT2D eigenvalue weighted by molar-refractivity contribution is 0.272. The molecule has 0 saturated heterocycles. The van der Waals surface area contributed by atoms with Crippen molar-refractivity contribution in [1.82, 2.24) is 4.57 Å². The molecule has 0 atom stereocenters. The Morgan fingerprint density at radius 1 is 1.00 bits per heavy atom. The van der Waals surface area contributed by atoms with Crippen molar-refractivity contribution in [3.63, 3.8) is 0 Å². The van der Waals surface area contributed by atoms with E-state index >= 15 is 0 Å². The van der Waals surface area contributed by atoms with Gasteiger partial charge in [-0.1, -0.05) is 29.8 Å². The largest absolute Gasteiger partial charge is 0.390 e. The monoisotopic (exact) mass is 215 g/mol. The topological polar surface area (TPSA) is 25.2 Å². The summed E-state index contributed by atoms with van der Waals surface area (Å²) in [6, 6.07) is 12.6. The van der Waals surface area contributed by atoms with Gasteiger partial charge in [0.1, 0.15) is 0 Å². The number of hydrogen-bond acceptors (Lipinski definition) is 1. The summed E-state index contributed by atoms with van der Waals surface area (Å²) in [6.07, 6.45) is 0.913. The van der Waals surface area contributed by atoms with Gasteiger partial charge < -0.3 is 9.67 Å². The van der Waals surface area contributed by atoms with E-state index in [2.05, 4.69) is 41.8 Å². The summed E-state index contributed by atoms with van der Waals surface area (Å²) in [4.78, 5) is 0. The van der Waals surface area contributed by atoms with E-state index in [0.717, 1.165) is 12.1 Å². The highest BCUT2D eigenvalue weighted by Crippen LogP contribution is 2.13. The molecule has 2 heteroatoms. The van der Waals surface area contributed by atoms with Gasteiger partial charge in [0.25, 0.3) is 0 Å². The summed E-state index contributed by atoms with van der Waals surface area (Å²) in [5.41, 5.74) is 4.78. The molecule has 0 bridgehead atoms. The molecule has 0 amide bonds. The van der Waals surface area contributed by atoms with Crippen LogP contribution >= 0.6 is 0 Å². The fourth-order valence-corrected chi connectivity index (χ4v) is 1.85. The molecular formula is C14H17NO. The molecular weight excluding hydrogens is 198 g/mol. The van der Waals surface area contributed by atoms with Gasteiger partial charge in [0, 0.05) is 24.9 Å². The standard InChI is InChI=1S/C14H17NO/c1-11-3-5-12(6-4-11)9-13-7-8-14(10-16)15(13)2/h3-8,16H,9-10H2,1-2H3. The molecule has 0 aliphatic heterocycles. The SMILES string of the molecule is Cc1ccc(Cc2ccc(CO)n2C)cc1. The Morgan fingerprint density at radius 2 is 1.62 bits per heavy atom. The first kappa shape index (κ1) is 11.0. The Kier molecular flexibility index (Phi) is 3.11. The summed E-state index contributed by atoms with van der Waals surface area (Å²) in [7, 11) is 2.00. The smallest absolute Gasteiger partial charge is 0.0832 e. The fraction of sp³-hybridized carbons (Fsp3) is 0.286. The summed E-state index contributed by atoms with van der Waals surface area (Å²) >= 11 is 0. The maximum absolute atomic E-state index is 9.11. The van der Waals surface area contributed by atoms with Crippen LogP contribution in [0.5, 0.6) is 0 Å². The average molecular weight is 215 g/mol. The van der Waals surface area contributed by atoms with Crippen LogP contribution in [0.1, 0.15) is 22.5 Å². The third-order valence-corrected chi connectivity index (χ3v) is 3.00. The predicted octanol–water partition coefficient (Wildman–Crippen LogP) is 2.42. The second-order valence-electron chi connectivity index (χ2n) is 4.20. The van der Waals surface area contributed by atoms with Gasteiger partial charge in [-0.15, -0.1) is 0 Å². The lowest BCUT2D eigenvalue weighted by atomic mass is 10.1. The zero-order valence-corrected chi connectivity index (χ0v) is 9.77. The number of aryl methyl sites for hydroxylation is 1. The van der Waals surface area contributed by atoms with Crippen LogP contribution in [-0.2, 0) is 20.1 Å². The molecule has 0 radical (unpaired) electrons. The Bertz CT molecular complexity index is 468. The van der Waals surface area contributed by atoms with E-state index in [0.29, 0.717) is 0 Å². The molecule has 2 aromatic rings. The van der Waals surface area contributed by atoms with E-state index in [4.69, 9.17) is 5.11 Å². The second kappa shape index (κ2) is 4.54. The minimum Gasteiger partial charge on any atom is -0.390 e. The Labute approximate surface area is 96.2 Å². The normalized spacial score (nSPS) is 10.7. The second-order valence-corrected chi connectivity index (χ2v) is 4.20. The lowest BCUT2D eigenvalue weighted by Gasteiger charge is -2.06. The van der Waals surface area contributed by atoms with Crippen molar-refractivity contribution in [3.8, 4) is 0 Å². The van der Waals surface area contributed by atoms with Crippen LogP contribution in [0.25, 0.3) is 0 Å². The Balaban J connectivity index is 2.20. The van der Waals surface area contributed by atoms with Gasteiger partial charge >= 0.3 is 0 Å². The molecule has 0 saturated carbocycles. The maximum Gasteiger partial charge on any atom is 0.0832 e. The zero-order valence-electron chi connectivity index (χ0n) is 9.77. The molecule has 2 rings (SSSR count). The van der Waals surface area contributed by atoms with Gasteiger partial charge in [-0.25, -0.2) is 0 Å². The minimum absolute atomic E-state index is 0.102. The van der Waals surface area contributed by atoms with Gasteiger partial charge in [0.15, 0.2) is 0 Å². The number of hydrogen-bond donors (Lipinski definition) is 1. The molecule has 0 aliphatic rings. The van der Waals surface area contributed by atoms with Crippen molar-refractivity contribution in [2.24, 2.45) is 7.05 Å². The Hall–Kier alpha value is -1.54. The summed E-state index contributed by atoms with van der Waals surface area (Å²) in [5, 5.41) is 9.11. The van der Waals surface area contributed by atoms with Crippen molar-refractivity contribution in [1.29, 1.82) is 0 Å². The molecule has 2 nitrogen and oxygen atoms in total. The van der Waals surface area contributed by atoms with Crippen molar-refractivity contribution in [3.05, 3.63) is 58.9 Å². The van der Waals surface area contributed by atoms with Crippen LogP contribution in [0.4, 0.5) is 0 Å². The van der Waals surface area contributed by atoms with Crippen LogP contribution in [0.3, 0.4) is 0 Å². The molecule has 1 aromatic carbocycles. The zero-order chi connectivity index (χ0) is 11.5. The van der Waals surface area contributed by atoms with E-state index in [1.54, 1.807) is 0 Å². The quantitative estimate of drug-likeness (QED) is 0.835. The van der Waals surface area contributed by atoms with Gasteiger partial charge in [-0.2, -0.15) is 0 Å². The van der Waals surface area contributed by atoms with E-state index in [1.165, 1.54) is 16.8 Å². The number of benzene rings is 1. The third kappa shape index (κ3) is 2.17. The average Bonchev–Trinajstić information content (AvgIpc) is 2.63. The summed E-state index contributed by atoms with van der Waals surface area (Å²) < 4.78 is 2.06. The van der Waals surface area contributed by atoms with Crippen molar-refractivity contribution >= 4 is 0 Å². The lowest BCUT2D eigenvalue weighted by Crippen LogP contribution is -2.01. The summed E-state index contributed by atoms with van der Waals surface area (Å²) in [6.45, 7) is 2.20. The van der Waals surface area contributed by atoms with E-state index in [1.807, 2.05) is 13.1 Å². The molecule has 1 N–H and O–H groups in total. The van der Waals surface area contributed by atoms with Gasteiger partial charge in [0.05, 0.1) is 6.61 Å². The molecule has 1 heterocycles. The number of aliphatic hydroxyl groups excluding tert-OH is 1. The molecule has 0 aliphatic carbocycles. The molecule has 0 spiro atoms. The van der Waals surface area contributed by atoms with Crippen LogP contribution < -0.4 is 0 Å². The number of aromatic nitrogens is 1. The van der Waals surface area contributed by atoms with Gasteiger partial charge in [-0.3, -0.25) is 0 Å². The molecule has 0 fully saturated rings. The molecule has 0 unspecified atom stereocenters.